The van der Waals surface area contributed by atoms with Crippen molar-refractivity contribution in [3.8, 4) is 0 Å². The lowest BCUT2D eigenvalue weighted by molar-refractivity contribution is 0.114. The van der Waals surface area contributed by atoms with E-state index in [-0.39, 0.29) is 6.04 Å². The number of nitrogens with zero attached hydrogens (tertiary/aromatic N) is 5. The first-order chi connectivity index (χ1) is 13.5. The maximum Gasteiger partial charge on any atom is 0.407 e. The van der Waals surface area contributed by atoms with Gasteiger partial charge in [0.15, 0.2) is 5.82 Å². The summed E-state index contributed by atoms with van der Waals surface area (Å²) < 4.78 is 2.53. The number of carbonyl (C=O) groups is 1. The van der Waals surface area contributed by atoms with Gasteiger partial charge in [-0.05, 0) is 34.3 Å². The number of anilines is 2. The zero-order valence-corrected chi connectivity index (χ0v) is 16.8. The lowest BCUT2D eigenvalue weighted by Crippen LogP contribution is -2.50. The predicted octanol–water partition coefficient (Wildman–Crippen LogP) is 3.22. The average molecular weight is 445 g/mol. The van der Waals surface area contributed by atoms with Crippen LogP contribution in [0.2, 0.25) is 0 Å². The Morgan fingerprint density at radius 3 is 2.89 bits per heavy atom. The molecule has 1 atom stereocenters. The highest BCUT2D eigenvalue weighted by atomic mass is 79.9. The number of nitrogens with two attached hydrogens (primary N) is 1. The van der Waals surface area contributed by atoms with E-state index in [1.807, 2.05) is 40.9 Å². The fourth-order valence-corrected chi connectivity index (χ4v) is 4.31. The van der Waals surface area contributed by atoms with Gasteiger partial charge in [-0.3, -0.25) is 9.30 Å². The van der Waals surface area contributed by atoms with Crippen LogP contribution < -0.4 is 10.6 Å². The van der Waals surface area contributed by atoms with Crippen molar-refractivity contribution in [2.24, 2.45) is 0 Å². The molecule has 0 radical (unpaired) electrons. The molecule has 0 bridgehead atoms. The number of fused-ring (bicyclic) bond motifs is 1. The molecule has 4 rings (SSSR count). The topological polar surface area (TPSA) is 100.0 Å². The van der Waals surface area contributed by atoms with Crippen molar-refractivity contribution in [1.82, 2.24) is 19.3 Å². The summed E-state index contributed by atoms with van der Waals surface area (Å²) in [6.45, 7) is 1.76. The first-order valence-corrected chi connectivity index (χ1v) is 9.90. The van der Waals surface area contributed by atoms with Gasteiger partial charge in [0.1, 0.15) is 10.1 Å². The summed E-state index contributed by atoms with van der Waals surface area (Å²) in [5.74, 6) is 1.14. The van der Waals surface area contributed by atoms with Gasteiger partial charge in [0.05, 0.1) is 6.04 Å². The van der Waals surface area contributed by atoms with Crippen LogP contribution in [0.25, 0.3) is 5.52 Å². The van der Waals surface area contributed by atoms with Crippen LogP contribution in [-0.4, -0.2) is 49.6 Å². The quantitative estimate of drug-likeness (QED) is 0.640. The molecular formula is C19H21BrN6O2. The van der Waals surface area contributed by atoms with E-state index >= 15 is 0 Å². The van der Waals surface area contributed by atoms with Crippen LogP contribution >= 0.6 is 15.9 Å². The second-order valence-electron chi connectivity index (χ2n) is 6.87. The van der Waals surface area contributed by atoms with Gasteiger partial charge in [-0.25, -0.2) is 14.8 Å². The van der Waals surface area contributed by atoms with Crippen LogP contribution in [0.4, 0.5) is 16.6 Å². The zero-order chi connectivity index (χ0) is 19.7. The number of hydrogen-bond acceptors (Lipinski definition) is 5. The van der Waals surface area contributed by atoms with Crippen LogP contribution in [0.3, 0.4) is 0 Å². The molecule has 1 aromatic carbocycles. The number of imidazole rings is 1. The molecule has 1 aliphatic rings. The van der Waals surface area contributed by atoms with E-state index in [9.17, 15) is 9.90 Å². The molecule has 0 spiro atoms. The summed E-state index contributed by atoms with van der Waals surface area (Å²) in [4.78, 5) is 24.3. The number of hydrogen-bond donors (Lipinski definition) is 2. The molecule has 1 aliphatic heterocycles. The molecule has 28 heavy (non-hydrogen) atoms. The molecule has 3 N–H and O–H groups in total. The van der Waals surface area contributed by atoms with Crippen LogP contribution in [0, 0.1) is 0 Å². The summed E-state index contributed by atoms with van der Waals surface area (Å²) in [6.07, 6.45) is 4.26. The standard InChI is InChI=1S/C19H21BrN6O2/c20-16-15-17(21)22-8-10-25(15)18(23-16)24-9-4-7-14(12-24)26(19(27)28)11-13-5-2-1-3-6-13/h1-3,5-6,8,10,14H,4,7,9,11-12H2,(H2,21,22)(H,27,28)/t14-/m1/s1. The third-order valence-corrected chi connectivity index (χ3v) is 5.64. The number of carboxylic acid groups (broad SMARTS) is 1. The van der Waals surface area contributed by atoms with Crippen molar-refractivity contribution in [2.75, 3.05) is 23.7 Å². The van der Waals surface area contributed by atoms with Gasteiger partial charge in [0, 0.05) is 32.0 Å². The summed E-state index contributed by atoms with van der Waals surface area (Å²) in [7, 11) is 0. The number of nitrogen functional groups attached to an aromatic ring is 1. The van der Waals surface area contributed by atoms with Gasteiger partial charge in [0.25, 0.3) is 0 Å². The van der Waals surface area contributed by atoms with Crippen molar-refractivity contribution in [1.29, 1.82) is 0 Å². The first-order valence-electron chi connectivity index (χ1n) is 9.11. The van der Waals surface area contributed by atoms with Crippen LogP contribution in [-0.2, 0) is 6.54 Å². The second-order valence-corrected chi connectivity index (χ2v) is 7.62. The molecule has 0 unspecified atom stereocenters. The van der Waals surface area contributed by atoms with Crippen LogP contribution in [0.1, 0.15) is 18.4 Å². The molecular weight excluding hydrogens is 424 g/mol. The number of rotatable bonds is 4. The molecule has 1 amide bonds. The van der Waals surface area contributed by atoms with Gasteiger partial charge >= 0.3 is 6.09 Å². The van der Waals surface area contributed by atoms with Crippen molar-refractivity contribution >= 4 is 39.3 Å². The van der Waals surface area contributed by atoms with Crippen molar-refractivity contribution in [3.05, 3.63) is 52.9 Å². The Hall–Kier alpha value is -2.81. The highest BCUT2D eigenvalue weighted by Crippen LogP contribution is 2.29. The molecule has 0 saturated carbocycles. The third kappa shape index (κ3) is 3.49. The number of halogens is 1. The maximum atomic E-state index is 12.0. The normalized spacial score (nSPS) is 17.0. The SMILES string of the molecule is Nc1nccn2c(N3CCC[C@@H](N(Cc4ccccc4)C(=O)O)C3)nc(Br)c12. The Morgan fingerprint density at radius 2 is 2.14 bits per heavy atom. The molecule has 146 valence electrons. The maximum absolute atomic E-state index is 12.0. The third-order valence-electron chi connectivity index (χ3n) is 5.08. The fraction of sp³-hybridized carbons (Fsp3) is 0.316. The molecule has 2 aromatic heterocycles. The van der Waals surface area contributed by atoms with E-state index in [0.717, 1.165) is 36.4 Å². The minimum atomic E-state index is -0.904. The van der Waals surface area contributed by atoms with Gasteiger partial charge in [-0.2, -0.15) is 0 Å². The number of aromatic nitrogens is 3. The zero-order valence-electron chi connectivity index (χ0n) is 15.2. The molecule has 8 nitrogen and oxygen atoms in total. The van der Waals surface area contributed by atoms with E-state index < -0.39 is 6.09 Å². The fourth-order valence-electron chi connectivity index (χ4n) is 3.75. The number of amides is 1. The molecule has 3 aromatic rings. The Kier molecular flexibility index (Phi) is 5.08. The highest BCUT2D eigenvalue weighted by Gasteiger charge is 2.30. The Morgan fingerprint density at radius 1 is 1.36 bits per heavy atom. The molecule has 3 heterocycles. The van der Waals surface area contributed by atoms with Crippen molar-refractivity contribution < 1.29 is 9.90 Å². The van der Waals surface area contributed by atoms with Crippen LogP contribution in [0.5, 0.6) is 0 Å². The molecule has 9 heteroatoms. The van der Waals surface area contributed by atoms with E-state index in [1.165, 1.54) is 4.90 Å². The van der Waals surface area contributed by atoms with Crippen molar-refractivity contribution in [3.63, 3.8) is 0 Å². The summed E-state index contributed by atoms with van der Waals surface area (Å²) in [5, 5.41) is 9.81. The first kappa shape index (κ1) is 18.5. The molecule has 1 fully saturated rings. The minimum absolute atomic E-state index is 0.114. The largest absolute Gasteiger partial charge is 0.465 e. The predicted molar refractivity (Wildman–Crippen MR) is 110 cm³/mol. The monoisotopic (exact) mass is 444 g/mol. The molecule has 1 saturated heterocycles. The Labute approximate surface area is 170 Å². The van der Waals surface area contributed by atoms with E-state index in [1.54, 1.807) is 6.20 Å². The average Bonchev–Trinajstić information content (AvgIpc) is 3.05. The summed E-state index contributed by atoms with van der Waals surface area (Å²) >= 11 is 3.46. The number of benzene rings is 1. The highest BCUT2D eigenvalue weighted by molar-refractivity contribution is 9.10. The smallest absolute Gasteiger partial charge is 0.407 e. The lowest BCUT2D eigenvalue weighted by Gasteiger charge is -2.38. The lowest BCUT2D eigenvalue weighted by atomic mass is 10.0. The van der Waals surface area contributed by atoms with Crippen molar-refractivity contribution in [2.45, 2.75) is 25.4 Å². The second kappa shape index (κ2) is 7.67. The summed E-state index contributed by atoms with van der Waals surface area (Å²) in [6, 6.07) is 9.57. The van der Waals surface area contributed by atoms with Gasteiger partial charge in [0.2, 0.25) is 5.95 Å². The number of piperidine rings is 1. The van der Waals surface area contributed by atoms with E-state index in [2.05, 4.69) is 30.8 Å². The summed E-state index contributed by atoms with van der Waals surface area (Å²) in [5.41, 5.74) is 7.70. The van der Waals surface area contributed by atoms with E-state index in [4.69, 9.17) is 5.73 Å². The van der Waals surface area contributed by atoms with Gasteiger partial charge in [-0.1, -0.05) is 30.3 Å². The molecule has 0 aliphatic carbocycles. The Bertz CT molecular complexity index is 993. The van der Waals surface area contributed by atoms with E-state index in [0.29, 0.717) is 23.5 Å². The van der Waals surface area contributed by atoms with Crippen LogP contribution in [0.15, 0.2) is 47.3 Å². The minimum Gasteiger partial charge on any atom is -0.465 e. The van der Waals surface area contributed by atoms with Gasteiger partial charge in [-0.15, -0.1) is 0 Å². The van der Waals surface area contributed by atoms with Gasteiger partial charge < -0.3 is 15.7 Å². The Balaban J connectivity index is 1.60.